The molecule has 1 aromatic carbocycles. The number of aryl methyl sites for hydroxylation is 1. The van der Waals surface area contributed by atoms with Crippen LogP contribution < -0.4 is 10.1 Å². The summed E-state index contributed by atoms with van der Waals surface area (Å²) in [6.07, 6.45) is -2.49. The van der Waals surface area contributed by atoms with Gasteiger partial charge in [-0.3, -0.25) is 0 Å². The first kappa shape index (κ1) is 19.7. The number of nitrogens with one attached hydrogen (secondary N) is 1. The van der Waals surface area contributed by atoms with E-state index in [9.17, 15) is 13.2 Å². The maximum atomic E-state index is 13.6. The number of anilines is 1. The second-order valence-corrected chi connectivity index (χ2v) is 7.45. The van der Waals surface area contributed by atoms with Crippen molar-refractivity contribution in [3.8, 4) is 5.75 Å². The van der Waals surface area contributed by atoms with Crippen LogP contribution in [0, 0.1) is 0 Å². The van der Waals surface area contributed by atoms with Crippen LogP contribution in [0.25, 0.3) is 10.9 Å². The smallest absolute Gasteiger partial charge is 0.419 e. The summed E-state index contributed by atoms with van der Waals surface area (Å²) >= 11 is 6.03. The predicted molar refractivity (Wildman–Crippen MR) is 104 cm³/mol. The highest BCUT2D eigenvalue weighted by Crippen LogP contribution is 2.42. The first-order valence-corrected chi connectivity index (χ1v) is 9.55. The van der Waals surface area contributed by atoms with Gasteiger partial charge in [0, 0.05) is 17.4 Å². The van der Waals surface area contributed by atoms with Crippen molar-refractivity contribution < 1.29 is 17.9 Å². The van der Waals surface area contributed by atoms with Crippen LogP contribution in [0.4, 0.5) is 19.0 Å². The quantitative estimate of drug-likeness (QED) is 0.479. The number of hydrogen-bond donors (Lipinski definition) is 1. The fourth-order valence-corrected chi connectivity index (χ4v) is 3.56. The van der Waals surface area contributed by atoms with E-state index in [1.165, 1.54) is 6.07 Å². The zero-order chi connectivity index (χ0) is 20.8. The third-order valence-corrected chi connectivity index (χ3v) is 5.07. The number of benzene rings is 1. The molecule has 29 heavy (non-hydrogen) atoms. The average Bonchev–Trinajstić information content (AvgIpc) is 2.67. The Labute approximate surface area is 170 Å². The van der Waals surface area contributed by atoms with E-state index in [1.807, 2.05) is 0 Å². The number of rotatable bonds is 0. The molecule has 2 bridgehead atoms. The molecular weight excluding hydrogens is 405 g/mol. The summed E-state index contributed by atoms with van der Waals surface area (Å²) in [4.78, 5) is 13.2. The van der Waals surface area contributed by atoms with E-state index >= 15 is 0 Å². The maximum Gasteiger partial charge on any atom is 0.419 e. The molecule has 0 saturated heterocycles. The van der Waals surface area contributed by atoms with Crippen LogP contribution in [0.1, 0.15) is 43.3 Å². The number of aromatic nitrogens is 3. The van der Waals surface area contributed by atoms with Gasteiger partial charge in [0.05, 0.1) is 29.4 Å². The van der Waals surface area contributed by atoms with Crippen LogP contribution in [0.5, 0.6) is 5.75 Å². The van der Waals surface area contributed by atoms with Crippen molar-refractivity contribution in [3.63, 3.8) is 0 Å². The Morgan fingerprint density at radius 1 is 1.21 bits per heavy atom. The molecule has 2 aromatic heterocycles. The van der Waals surface area contributed by atoms with E-state index in [0.717, 1.165) is 6.07 Å². The SMILES string of the molecule is C[C@H]1CCc2nc(c3cc(Cl)ncc3n2)N[C@H](C)c2cccc(C(F)(F)F)c2O1. The average molecular weight is 423 g/mol. The lowest BCUT2D eigenvalue weighted by atomic mass is 10.0. The maximum absolute atomic E-state index is 13.6. The van der Waals surface area contributed by atoms with E-state index in [2.05, 4.69) is 20.3 Å². The van der Waals surface area contributed by atoms with Gasteiger partial charge < -0.3 is 10.1 Å². The van der Waals surface area contributed by atoms with Crippen LogP contribution in [-0.4, -0.2) is 21.1 Å². The molecule has 0 amide bonds. The summed E-state index contributed by atoms with van der Waals surface area (Å²) in [6, 6.07) is 5.19. The molecule has 0 spiro atoms. The Morgan fingerprint density at radius 3 is 2.76 bits per heavy atom. The Balaban J connectivity index is 1.89. The molecule has 9 heteroatoms. The summed E-state index contributed by atoms with van der Waals surface area (Å²) in [6.45, 7) is 3.51. The number of hydrogen-bond acceptors (Lipinski definition) is 5. The van der Waals surface area contributed by atoms with E-state index in [1.54, 1.807) is 32.2 Å². The minimum absolute atomic E-state index is 0.153. The van der Waals surface area contributed by atoms with Crippen molar-refractivity contribution >= 4 is 28.3 Å². The molecule has 1 N–H and O–H groups in total. The molecule has 3 heterocycles. The Kier molecular flexibility index (Phi) is 4.98. The normalized spacial score (nSPS) is 19.7. The minimum atomic E-state index is -4.52. The molecular formula is C20H18ClF3N4O. The minimum Gasteiger partial charge on any atom is -0.490 e. The number of ether oxygens (including phenoxy) is 1. The van der Waals surface area contributed by atoms with E-state index < -0.39 is 23.9 Å². The molecule has 2 atom stereocenters. The molecule has 5 nitrogen and oxygen atoms in total. The molecule has 0 aliphatic carbocycles. The number of nitrogens with zero attached hydrogens (tertiary/aromatic N) is 3. The second-order valence-electron chi connectivity index (χ2n) is 7.07. The van der Waals surface area contributed by atoms with Crippen LogP contribution >= 0.6 is 11.6 Å². The van der Waals surface area contributed by atoms with Crippen LogP contribution in [0.3, 0.4) is 0 Å². The molecule has 152 valence electrons. The van der Waals surface area contributed by atoms with Crippen molar-refractivity contribution in [2.45, 2.75) is 45.0 Å². The number of halogens is 4. The van der Waals surface area contributed by atoms with Crippen LogP contribution in [0.15, 0.2) is 30.5 Å². The van der Waals surface area contributed by atoms with Gasteiger partial charge in [0.15, 0.2) is 0 Å². The molecule has 4 rings (SSSR count). The molecule has 0 saturated carbocycles. The van der Waals surface area contributed by atoms with E-state index in [0.29, 0.717) is 41.0 Å². The fraction of sp³-hybridized carbons (Fsp3) is 0.350. The summed E-state index contributed by atoms with van der Waals surface area (Å²) < 4.78 is 46.7. The third kappa shape index (κ3) is 3.94. The van der Waals surface area contributed by atoms with Gasteiger partial charge in [-0.15, -0.1) is 0 Å². The molecule has 1 aliphatic rings. The number of alkyl halides is 3. The lowest BCUT2D eigenvalue weighted by Crippen LogP contribution is -2.19. The van der Waals surface area contributed by atoms with E-state index in [4.69, 9.17) is 16.3 Å². The number of fused-ring (bicyclic) bond motifs is 5. The molecule has 0 unspecified atom stereocenters. The second kappa shape index (κ2) is 7.33. The van der Waals surface area contributed by atoms with Crippen molar-refractivity contribution in [3.05, 3.63) is 52.6 Å². The zero-order valence-electron chi connectivity index (χ0n) is 15.7. The Bertz CT molecular complexity index is 1070. The van der Waals surface area contributed by atoms with Gasteiger partial charge in [-0.2, -0.15) is 13.2 Å². The van der Waals surface area contributed by atoms with Gasteiger partial charge in [0.25, 0.3) is 0 Å². The lowest BCUT2D eigenvalue weighted by molar-refractivity contribution is -0.139. The first-order chi connectivity index (χ1) is 13.7. The predicted octanol–water partition coefficient (Wildman–Crippen LogP) is 5.58. The highest BCUT2D eigenvalue weighted by atomic mass is 35.5. The Hall–Kier alpha value is -2.61. The van der Waals surface area contributed by atoms with Crippen molar-refractivity contribution in [1.29, 1.82) is 0 Å². The fourth-order valence-electron chi connectivity index (χ4n) is 3.40. The monoisotopic (exact) mass is 422 g/mol. The van der Waals surface area contributed by atoms with Crippen LogP contribution in [0.2, 0.25) is 5.15 Å². The summed E-state index contributed by atoms with van der Waals surface area (Å²) in [5, 5.41) is 4.15. The van der Waals surface area contributed by atoms with Gasteiger partial charge in [0.2, 0.25) is 0 Å². The lowest BCUT2D eigenvalue weighted by Gasteiger charge is -2.24. The molecule has 0 radical (unpaired) electrons. The van der Waals surface area contributed by atoms with E-state index in [-0.39, 0.29) is 10.9 Å². The number of pyridine rings is 1. The zero-order valence-corrected chi connectivity index (χ0v) is 16.5. The van der Waals surface area contributed by atoms with Gasteiger partial charge in [0.1, 0.15) is 22.5 Å². The standard InChI is InChI=1S/C20H18ClF3N4O/c1-10-6-7-17-27-15-9-25-16(21)8-13(15)19(28-17)26-11(2)12-4-3-5-14(18(12)29-10)20(22,23)24/h3-5,8-11H,6-7H2,1-2H3,(H,26,27,28)/t10-,11+/m0/s1. The first-order valence-electron chi connectivity index (χ1n) is 9.18. The summed E-state index contributed by atoms with van der Waals surface area (Å²) in [5.74, 6) is 0.910. The topological polar surface area (TPSA) is 59.9 Å². The van der Waals surface area contributed by atoms with Gasteiger partial charge in [-0.1, -0.05) is 23.7 Å². The van der Waals surface area contributed by atoms with Gasteiger partial charge in [-0.25, -0.2) is 15.0 Å². The Morgan fingerprint density at radius 2 is 2.00 bits per heavy atom. The van der Waals surface area contributed by atoms with Gasteiger partial charge >= 0.3 is 6.18 Å². The number of para-hydroxylation sites is 1. The highest BCUT2D eigenvalue weighted by Gasteiger charge is 2.36. The third-order valence-electron chi connectivity index (χ3n) is 4.86. The summed E-state index contributed by atoms with van der Waals surface area (Å²) in [7, 11) is 0. The van der Waals surface area contributed by atoms with Crippen LogP contribution in [-0.2, 0) is 12.6 Å². The molecule has 3 aromatic rings. The highest BCUT2D eigenvalue weighted by molar-refractivity contribution is 6.30. The largest absolute Gasteiger partial charge is 0.490 e. The summed E-state index contributed by atoms with van der Waals surface area (Å²) in [5.41, 5.74) is 0.234. The van der Waals surface area contributed by atoms with Gasteiger partial charge in [-0.05, 0) is 32.4 Å². The van der Waals surface area contributed by atoms with Crippen molar-refractivity contribution in [2.75, 3.05) is 5.32 Å². The van der Waals surface area contributed by atoms with Crippen molar-refractivity contribution in [2.24, 2.45) is 0 Å². The molecule has 0 fully saturated rings. The van der Waals surface area contributed by atoms with Crippen molar-refractivity contribution in [1.82, 2.24) is 15.0 Å². The molecule has 1 aliphatic heterocycles.